The van der Waals surface area contributed by atoms with Crippen LogP contribution in [0.1, 0.15) is 46.2 Å². The summed E-state index contributed by atoms with van der Waals surface area (Å²) in [5.41, 5.74) is 2.22. The Labute approximate surface area is 128 Å². The number of aromatic nitrogens is 3. The number of aryl methyl sites for hydroxylation is 2. The third kappa shape index (κ3) is 2.26. The highest BCUT2D eigenvalue weighted by Gasteiger charge is 2.22. The Morgan fingerprint density at radius 3 is 2.68 bits per heavy atom. The topological polar surface area (TPSA) is 72.4 Å². The van der Waals surface area contributed by atoms with E-state index < -0.39 is 0 Å². The molecule has 6 nitrogen and oxygen atoms in total. The lowest BCUT2D eigenvalue weighted by atomic mass is 10.1. The van der Waals surface area contributed by atoms with E-state index in [1.165, 1.54) is 0 Å². The Hall–Kier alpha value is -2.63. The molecule has 0 radical (unpaired) electrons. The predicted octanol–water partition coefficient (Wildman–Crippen LogP) is 2.74. The van der Waals surface area contributed by atoms with E-state index in [1.54, 1.807) is 6.92 Å². The Kier molecular flexibility index (Phi) is 3.44. The number of fused-ring (bicyclic) bond motifs is 1. The van der Waals surface area contributed by atoms with Gasteiger partial charge in [0, 0.05) is 11.8 Å². The highest BCUT2D eigenvalue weighted by atomic mass is 16.3. The maximum absolute atomic E-state index is 12.5. The van der Waals surface area contributed by atoms with E-state index in [0.717, 1.165) is 17.0 Å². The third-order valence-electron chi connectivity index (χ3n) is 3.86. The molecule has 3 rings (SSSR count). The van der Waals surface area contributed by atoms with E-state index in [-0.39, 0.29) is 11.9 Å². The van der Waals surface area contributed by atoms with Crippen molar-refractivity contribution in [1.29, 1.82) is 0 Å². The predicted molar refractivity (Wildman–Crippen MR) is 81.8 cm³/mol. The summed E-state index contributed by atoms with van der Waals surface area (Å²) in [6.07, 6.45) is 1.88. The van der Waals surface area contributed by atoms with Gasteiger partial charge in [-0.05, 0) is 39.8 Å². The number of nitrogens with zero attached hydrogens (tertiary/aromatic N) is 3. The number of carbonyl (C=O) groups is 1. The lowest BCUT2D eigenvalue weighted by Gasteiger charge is -2.12. The molecule has 0 bridgehead atoms. The maximum Gasteiger partial charge on any atom is 0.255 e. The van der Waals surface area contributed by atoms with Gasteiger partial charge in [0.2, 0.25) is 0 Å². The molecule has 0 spiro atoms. The molecule has 1 amide bonds. The molecule has 0 saturated heterocycles. The zero-order valence-electron chi connectivity index (χ0n) is 13.0. The van der Waals surface area contributed by atoms with Gasteiger partial charge >= 0.3 is 0 Å². The zero-order valence-corrected chi connectivity index (χ0v) is 13.0. The van der Waals surface area contributed by atoms with Gasteiger partial charge in [-0.1, -0.05) is 6.07 Å². The first kappa shape index (κ1) is 14.3. The molecule has 0 fully saturated rings. The molecule has 22 heavy (non-hydrogen) atoms. The molecule has 0 saturated carbocycles. The fourth-order valence-electron chi connectivity index (χ4n) is 2.62. The molecule has 114 valence electrons. The fourth-order valence-corrected chi connectivity index (χ4v) is 2.62. The van der Waals surface area contributed by atoms with Gasteiger partial charge in [-0.2, -0.15) is 0 Å². The molecule has 0 aliphatic rings. The van der Waals surface area contributed by atoms with Crippen LogP contribution in [0.25, 0.3) is 5.65 Å². The van der Waals surface area contributed by atoms with Crippen molar-refractivity contribution in [3.8, 4) is 0 Å². The summed E-state index contributed by atoms with van der Waals surface area (Å²) in [7, 11) is 0. The van der Waals surface area contributed by atoms with Gasteiger partial charge in [-0.25, -0.2) is 0 Å². The van der Waals surface area contributed by atoms with E-state index in [9.17, 15) is 4.79 Å². The molecule has 0 aliphatic heterocycles. The molecule has 3 aromatic rings. The second-order valence-corrected chi connectivity index (χ2v) is 5.40. The SMILES string of the molecule is Cc1oc(C)c(C(=O)NC(C)c2nnc3ccccn23)c1C. The smallest absolute Gasteiger partial charge is 0.255 e. The summed E-state index contributed by atoms with van der Waals surface area (Å²) in [5.74, 6) is 1.93. The summed E-state index contributed by atoms with van der Waals surface area (Å²) < 4.78 is 7.38. The molecular formula is C16H18N4O2. The van der Waals surface area contributed by atoms with Crippen LogP contribution < -0.4 is 5.32 Å². The number of hydrogen-bond acceptors (Lipinski definition) is 4. The number of furan rings is 1. The van der Waals surface area contributed by atoms with Gasteiger partial charge in [0.25, 0.3) is 5.91 Å². The van der Waals surface area contributed by atoms with Crippen molar-refractivity contribution < 1.29 is 9.21 Å². The van der Waals surface area contributed by atoms with E-state index in [2.05, 4.69) is 15.5 Å². The summed E-state index contributed by atoms with van der Waals surface area (Å²) in [6, 6.07) is 5.41. The number of carbonyl (C=O) groups excluding carboxylic acids is 1. The summed E-state index contributed by atoms with van der Waals surface area (Å²) >= 11 is 0. The fraction of sp³-hybridized carbons (Fsp3) is 0.312. The van der Waals surface area contributed by atoms with Crippen LogP contribution in [0.2, 0.25) is 0 Å². The van der Waals surface area contributed by atoms with Gasteiger partial charge in [-0.3, -0.25) is 9.20 Å². The van der Waals surface area contributed by atoms with Crippen LogP contribution in [0.3, 0.4) is 0 Å². The van der Waals surface area contributed by atoms with Crippen molar-refractivity contribution >= 4 is 11.6 Å². The Morgan fingerprint density at radius 1 is 1.23 bits per heavy atom. The van der Waals surface area contributed by atoms with E-state index in [1.807, 2.05) is 49.6 Å². The van der Waals surface area contributed by atoms with Crippen LogP contribution >= 0.6 is 0 Å². The lowest BCUT2D eigenvalue weighted by molar-refractivity contribution is 0.0936. The average Bonchev–Trinajstić information content (AvgIpc) is 3.00. The minimum absolute atomic E-state index is 0.160. The average molecular weight is 298 g/mol. The summed E-state index contributed by atoms with van der Waals surface area (Å²) in [5, 5.41) is 11.2. The quantitative estimate of drug-likeness (QED) is 0.807. The van der Waals surface area contributed by atoms with E-state index in [4.69, 9.17) is 4.42 Å². The van der Waals surface area contributed by atoms with Crippen LogP contribution in [0.5, 0.6) is 0 Å². The molecule has 0 aromatic carbocycles. The first-order chi connectivity index (χ1) is 10.5. The second kappa shape index (κ2) is 5.29. The van der Waals surface area contributed by atoms with Crippen molar-refractivity contribution in [3.05, 3.63) is 52.9 Å². The highest BCUT2D eigenvalue weighted by molar-refractivity contribution is 5.97. The third-order valence-corrected chi connectivity index (χ3v) is 3.86. The van der Waals surface area contributed by atoms with E-state index >= 15 is 0 Å². The van der Waals surface area contributed by atoms with Crippen molar-refractivity contribution in [2.75, 3.05) is 0 Å². The summed E-state index contributed by atoms with van der Waals surface area (Å²) in [6.45, 7) is 7.43. The number of amides is 1. The first-order valence-corrected chi connectivity index (χ1v) is 7.16. The number of nitrogens with one attached hydrogen (secondary N) is 1. The monoisotopic (exact) mass is 298 g/mol. The minimum Gasteiger partial charge on any atom is -0.466 e. The van der Waals surface area contributed by atoms with E-state index in [0.29, 0.717) is 17.1 Å². The van der Waals surface area contributed by atoms with Gasteiger partial charge in [0.05, 0.1) is 11.6 Å². The Morgan fingerprint density at radius 2 is 2.00 bits per heavy atom. The molecule has 1 N–H and O–H groups in total. The van der Waals surface area contributed by atoms with Crippen molar-refractivity contribution in [1.82, 2.24) is 19.9 Å². The van der Waals surface area contributed by atoms with Gasteiger partial charge in [0.15, 0.2) is 11.5 Å². The Balaban J connectivity index is 1.88. The zero-order chi connectivity index (χ0) is 15.9. The standard InChI is InChI=1S/C16H18N4O2/c1-9-11(3)22-12(4)14(9)16(21)17-10(2)15-19-18-13-7-5-6-8-20(13)15/h5-8,10H,1-4H3,(H,17,21). The summed E-state index contributed by atoms with van der Waals surface area (Å²) in [4.78, 5) is 12.5. The van der Waals surface area contributed by atoms with Crippen LogP contribution in [0.4, 0.5) is 0 Å². The minimum atomic E-state index is -0.265. The second-order valence-electron chi connectivity index (χ2n) is 5.40. The van der Waals surface area contributed by atoms with Crippen LogP contribution in [-0.4, -0.2) is 20.5 Å². The Bertz CT molecular complexity index is 847. The highest BCUT2D eigenvalue weighted by Crippen LogP contribution is 2.21. The van der Waals surface area contributed by atoms with Gasteiger partial charge in [0.1, 0.15) is 11.5 Å². The molecule has 3 aromatic heterocycles. The largest absolute Gasteiger partial charge is 0.466 e. The van der Waals surface area contributed by atoms with Crippen LogP contribution in [0.15, 0.2) is 28.8 Å². The van der Waals surface area contributed by atoms with Crippen molar-refractivity contribution in [2.45, 2.75) is 33.7 Å². The van der Waals surface area contributed by atoms with Crippen LogP contribution in [0, 0.1) is 20.8 Å². The van der Waals surface area contributed by atoms with Crippen molar-refractivity contribution in [3.63, 3.8) is 0 Å². The lowest BCUT2D eigenvalue weighted by Crippen LogP contribution is -2.28. The first-order valence-electron chi connectivity index (χ1n) is 7.16. The molecule has 0 aliphatic carbocycles. The molecule has 3 heterocycles. The molecule has 6 heteroatoms. The molecular weight excluding hydrogens is 280 g/mol. The normalized spacial score (nSPS) is 12.5. The van der Waals surface area contributed by atoms with Crippen LogP contribution in [-0.2, 0) is 0 Å². The number of rotatable bonds is 3. The molecule has 1 unspecified atom stereocenters. The number of pyridine rings is 1. The molecule has 1 atom stereocenters. The van der Waals surface area contributed by atoms with Gasteiger partial charge < -0.3 is 9.73 Å². The van der Waals surface area contributed by atoms with Gasteiger partial charge in [-0.15, -0.1) is 10.2 Å². The maximum atomic E-state index is 12.5. The number of hydrogen-bond donors (Lipinski definition) is 1. The van der Waals surface area contributed by atoms with Crippen molar-refractivity contribution in [2.24, 2.45) is 0 Å².